The fourth-order valence-electron chi connectivity index (χ4n) is 6.47. The van der Waals surface area contributed by atoms with Gasteiger partial charge in [0.2, 0.25) is 6.79 Å². The van der Waals surface area contributed by atoms with Gasteiger partial charge in [-0.2, -0.15) is 0 Å². The normalized spacial score (nSPS) is 24.8. The molecule has 1 amide bonds. The number of amides is 1. The van der Waals surface area contributed by atoms with E-state index in [-0.39, 0.29) is 30.3 Å². The first-order valence-corrected chi connectivity index (χ1v) is 13.2. The number of ether oxygens (including phenoxy) is 3. The van der Waals surface area contributed by atoms with Crippen LogP contribution in [0.1, 0.15) is 69.6 Å². The van der Waals surface area contributed by atoms with Crippen LogP contribution in [-0.4, -0.2) is 36.3 Å². The van der Waals surface area contributed by atoms with Gasteiger partial charge in [0, 0.05) is 18.0 Å². The summed E-state index contributed by atoms with van der Waals surface area (Å²) in [6, 6.07) is 16.3. The molecule has 3 aliphatic rings. The van der Waals surface area contributed by atoms with Crippen molar-refractivity contribution in [1.29, 1.82) is 0 Å². The Kier molecular flexibility index (Phi) is 6.71. The summed E-state index contributed by atoms with van der Waals surface area (Å²) < 4.78 is 16.9. The number of likely N-dealkylation sites (tertiary alicyclic amines) is 1. The van der Waals surface area contributed by atoms with E-state index < -0.39 is 5.41 Å². The number of carbonyl (C=O) groups excluding carboxylic acids is 2. The van der Waals surface area contributed by atoms with Crippen LogP contribution in [0.15, 0.2) is 48.5 Å². The van der Waals surface area contributed by atoms with Crippen LogP contribution >= 0.6 is 0 Å². The third-order valence-corrected chi connectivity index (χ3v) is 8.28. The van der Waals surface area contributed by atoms with Gasteiger partial charge in [-0.05, 0) is 81.2 Å². The summed E-state index contributed by atoms with van der Waals surface area (Å²) in [5.74, 6) is 0.879. The zero-order valence-corrected chi connectivity index (χ0v) is 21.6. The van der Waals surface area contributed by atoms with Crippen LogP contribution in [0, 0.1) is 11.3 Å². The predicted octanol–water partition coefficient (Wildman–Crippen LogP) is 6.01. The molecule has 192 valence electrons. The Balaban J connectivity index is 1.33. The minimum atomic E-state index is -0.557. The van der Waals surface area contributed by atoms with E-state index in [9.17, 15) is 9.59 Å². The molecular formula is C30H37NO5. The molecule has 1 saturated heterocycles. The van der Waals surface area contributed by atoms with Gasteiger partial charge in [0.1, 0.15) is 12.4 Å². The number of piperidine rings is 1. The highest BCUT2D eigenvalue weighted by molar-refractivity contribution is 5.75. The topological polar surface area (TPSA) is 65.1 Å². The second-order valence-corrected chi connectivity index (χ2v) is 11.5. The molecule has 0 radical (unpaired) electrons. The summed E-state index contributed by atoms with van der Waals surface area (Å²) in [5.41, 5.74) is 3.16. The quantitative estimate of drug-likeness (QED) is 0.379. The van der Waals surface area contributed by atoms with Crippen molar-refractivity contribution in [2.24, 2.45) is 11.3 Å². The number of hydrogen-bond acceptors (Lipinski definition) is 5. The van der Waals surface area contributed by atoms with Gasteiger partial charge < -0.3 is 19.1 Å². The summed E-state index contributed by atoms with van der Waals surface area (Å²) in [7, 11) is 0. The molecule has 1 heterocycles. The largest absolute Gasteiger partial charge is 0.457 e. The van der Waals surface area contributed by atoms with E-state index in [1.165, 1.54) is 24.0 Å². The lowest BCUT2D eigenvalue weighted by molar-refractivity contribution is -0.159. The van der Waals surface area contributed by atoms with Gasteiger partial charge in [-0.25, -0.2) is 4.79 Å². The zero-order chi connectivity index (χ0) is 25.3. The van der Waals surface area contributed by atoms with Gasteiger partial charge in [0.05, 0.1) is 5.41 Å². The Morgan fingerprint density at radius 2 is 1.83 bits per heavy atom. The molecule has 6 nitrogen and oxygen atoms in total. The van der Waals surface area contributed by atoms with Crippen molar-refractivity contribution in [2.45, 2.75) is 77.4 Å². The molecule has 6 heteroatoms. The second kappa shape index (κ2) is 9.79. The van der Waals surface area contributed by atoms with E-state index in [1.54, 1.807) is 0 Å². The van der Waals surface area contributed by atoms with Crippen LogP contribution in [0.5, 0.6) is 5.75 Å². The van der Waals surface area contributed by atoms with Gasteiger partial charge in [-0.3, -0.25) is 4.79 Å². The number of esters is 1. The maximum atomic E-state index is 13.2. The van der Waals surface area contributed by atoms with Gasteiger partial charge in [0.25, 0.3) is 0 Å². The van der Waals surface area contributed by atoms with Crippen LogP contribution in [-0.2, 0) is 32.7 Å². The summed E-state index contributed by atoms with van der Waals surface area (Å²) >= 11 is 0. The van der Waals surface area contributed by atoms with E-state index >= 15 is 0 Å². The fourth-order valence-corrected chi connectivity index (χ4v) is 6.47. The molecular weight excluding hydrogens is 454 g/mol. The molecule has 0 unspecified atom stereocenters. The molecule has 36 heavy (non-hydrogen) atoms. The van der Waals surface area contributed by atoms with E-state index in [2.05, 4.69) is 12.1 Å². The molecule has 2 bridgehead atoms. The van der Waals surface area contributed by atoms with Gasteiger partial charge >= 0.3 is 12.1 Å². The van der Waals surface area contributed by atoms with Crippen LogP contribution in [0.3, 0.4) is 0 Å². The minimum Gasteiger partial charge on any atom is -0.457 e. The molecule has 1 aliphatic heterocycles. The lowest BCUT2D eigenvalue weighted by atomic mass is 9.52. The minimum absolute atomic E-state index is 0.0637. The molecule has 1 saturated carbocycles. The molecule has 0 spiro atoms. The SMILES string of the molecule is CC(C)(C)C(=O)OCOc1ccc2c(c1)[C@@]13CCCC[C@@H]1[C@H](C2)N(C(=O)OCc1ccccc1)CC3. The third kappa shape index (κ3) is 4.70. The van der Waals surface area contributed by atoms with E-state index in [1.807, 2.05) is 62.1 Å². The van der Waals surface area contributed by atoms with Crippen molar-refractivity contribution < 1.29 is 23.8 Å². The fraction of sp³-hybridized carbons (Fsp3) is 0.533. The third-order valence-electron chi connectivity index (χ3n) is 8.28. The Hall–Kier alpha value is -3.02. The maximum absolute atomic E-state index is 13.2. The Bertz CT molecular complexity index is 1110. The molecule has 5 rings (SSSR count). The van der Waals surface area contributed by atoms with Crippen molar-refractivity contribution in [1.82, 2.24) is 4.90 Å². The van der Waals surface area contributed by atoms with Gasteiger partial charge in [-0.1, -0.05) is 49.2 Å². The summed E-state index contributed by atoms with van der Waals surface area (Å²) in [6.07, 6.45) is 6.23. The Morgan fingerprint density at radius 1 is 1.03 bits per heavy atom. The molecule has 2 aromatic rings. The smallest absolute Gasteiger partial charge is 0.410 e. The monoisotopic (exact) mass is 491 g/mol. The maximum Gasteiger partial charge on any atom is 0.410 e. The average molecular weight is 492 g/mol. The number of carbonyl (C=O) groups is 2. The lowest BCUT2D eigenvalue weighted by Gasteiger charge is -2.58. The van der Waals surface area contributed by atoms with E-state index in [0.717, 1.165) is 37.0 Å². The Labute approximate surface area is 213 Å². The number of rotatable bonds is 5. The predicted molar refractivity (Wildman–Crippen MR) is 137 cm³/mol. The van der Waals surface area contributed by atoms with Gasteiger partial charge in [-0.15, -0.1) is 0 Å². The number of benzene rings is 2. The summed E-state index contributed by atoms with van der Waals surface area (Å²) in [6.45, 7) is 6.41. The van der Waals surface area contributed by atoms with Crippen molar-refractivity contribution in [3.63, 3.8) is 0 Å². The van der Waals surface area contributed by atoms with E-state index in [0.29, 0.717) is 19.1 Å². The first-order valence-electron chi connectivity index (χ1n) is 13.2. The molecule has 0 aromatic heterocycles. The highest BCUT2D eigenvalue weighted by Gasteiger charge is 2.55. The summed E-state index contributed by atoms with van der Waals surface area (Å²) in [4.78, 5) is 27.3. The molecule has 3 atom stereocenters. The van der Waals surface area contributed by atoms with E-state index in [4.69, 9.17) is 14.2 Å². The standard InChI is InChI=1S/C30H37NO5/c1-29(2,3)27(32)36-20-35-23-13-12-22-17-26-24-11-7-8-14-30(24,25(22)18-23)15-16-31(26)28(33)34-19-21-9-5-4-6-10-21/h4-6,9-10,12-13,18,24,26H,7-8,11,14-17,19-20H2,1-3H3/t24-,26+,30-/m1/s1. The summed E-state index contributed by atoms with van der Waals surface area (Å²) in [5, 5.41) is 0. The van der Waals surface area contributed by atoms with Crippen LogP contribution in [0.25, 0.3) is 0 Å². The highest BCUT2D eigenvalue weighted by Crippen LogP contribution is 2.56. The lowest BCUT2D eigenvalue weighted by Crippen LogP contribution is -2.62. The molecule has 0 N–H and O–H groups in total. The second-order valence-electron chi connectivity index (χ2n) is 11.5. The van der Waals surface area contributed by atoms with Crippen molar-refractivity contribution in [3.8, 4) is 5.75 Å². The highest BCUT2D eigenvalue weighted by atomic mass is 16.7. The van der Waals surface area contributed by atoms with Crippen molar-refractivity contribution >= 4 is 12.1 Å². The first kappa shape index (κ1) is 24.7. The molecule has 2 fully saturated rings. The van der Waals surface area contributed by atoms with Gasteiger partial charge in [0.15, 0.2) is 0 Å². The zero-order valence-electron chi connectivity index (χ0n) is 21.6. The van der Waals surface area contributed by atoms with Crippen LogP contribution in [0.2, 0.25) is 0 Å². The average Bonchev–Trinajstić information content (AvgIpc) is 2.87. The number of fused-ring (bicyclic) bond motifs is 1. The first-order chi connectivity index (χ1) is 17.3. The van der Waals surface area contributed by atoms with Crippen LogP contribution in [0.4, 0.5) is 4.79 Å². The number of nitrogens with zero attached hydrogens (tertiary/aromatic N) is 1. The van der Waals surface area contributed by atoms with Crippen molar-refractivity contribution in [3.05, 3.63) is 65.2 Å². The van der Waals surface area contributed by atoms with Crippen molar-refractivity contribution in [2.75, 3.05) is 13.3 Å². The molecule has 2 aliphatic carbocycles. The number of hydrogen-bond donors (Lipinski definition) is 0. The molecule has 2 aromatic carbocycles. The Morgan fingerprint density at radius 3 is 2.61 bits per heavy atom. The van der Waals surface area contributed by atoms with Crippen LogP contribution < -0.4 is 4.74 Å².